The van der Waals surface area contributed by atoms with E-state index in [-0.39, 0.29) is 22.0 Å². The van der Waals surface area contributed by atoms with Gasteiger partial charge in [0.25, 0.3) is 5.91 Å². The van der Waals surface area contributed by atoms with Crippen molar-refractivity contribution in [1.82, 2.24) is 9.78 Å². The minimum atomic E-state index is -0.671. The Morgan fingerprint density at radius 3 is 2.58 bits per heavy atom. The number of nitrogens with one attached hydrogen (secondary N) is 1. The summed E-state index contributed by atoms with van der Waals surface area (Å²) in [6.45, 7) is 3.33. The molecule has 0 aromatic carbocycles. The third kappa shape index (κ3) is 3.65. The molecular formula is C14H15BrN4O4S. The van der Waals surface area contributed by atoms with E-state index in [9.17, 15) is 14.4 Å². The fraction of sp³-hybridized carbons (Fsp3) is 0.286. The minimum Gasteiger partial charge on any atom is -0.465 e. The van der Waals surface area contributed by atoms with Crippen LogP contribution in [0.15, 0.2) is 10.7 Å². The summed E-state index contributed by atoms with van der Waals surface area (Å²) in [6, 6.07) is 0. The number of hydrogen-bond acceptors (Lipinski definition) is 6. The first kappa shape index (κ1) is 18.1. The molecule has 2 aromatic heterocycles. The molecule has 0 aliphatic heterocycles. The third-order valence-electron chi connectivity index (χ3n) is 3.21. The second-order valence-corrected chi connectivity index (χ2v) is 6.80. The van der Waals surface area contributed by atoms with Crippen molar-refractivity contribution in [3.8, 4) is 0 Å². The van der Waals surface area contributed by atoms with Crippen molar-refractivity contribution in [3.63, 3.8) is 0 Å². The molecule has 0 bridgehead atoms. The number of aromatic nitrogens is 2. The van der Waals surface area contributed by atoms with E-state index >= 15 is 0 Å². The maximum Gasteiger partial charge on any atom is 0.341 e. The lowest BCUT2D eigenvalue weighted by molar-refractivity contribution is -0.116. The Morgan fingerprint density at radius 2 is 2.08 bits per heavy atom. The van der Waals surface area contributed by atoms with Crippen molar-refractivity contribution in [2.75, 3.05) is 12.4 Å². The molecule has 10 heteroatoms. The standard InChI is InChI=1S/C14H15BrN4O4S/c1-6-10(14(22)23-3)13(24-11(6)12(16)21)17-9(20)5-19-4-8(15)7(2)18-19/h4H,5H2,1-3H3,(H2,16,21)(H,17,20). The van der Waals surface area contributed by atoms with Crippen LogP contribution in [0.1, 0.15) is 31.3 Å². The number of halogens is 1. The van der Waals surface area contributed by atoms with Gasteiger partial charge < -0.3 is 15.8 Å². The monoisotopic (exact) mass is 414 g/mol. The van der Waals surface area contributed by atoms with E-state index < -0.39 is 17.8 Å². The first-order valence-corrected chi connectivity index (χ1v) is 8.36. The molecule has 0 spiro atoms. The molecule has 8 nitrogen and oxygen atoms in total. The summed E-state index contributed by atoms with van der Waals surface area (Å²) < 4.78 is 6.96. The lowest BCUT2D eigenvalue weighted by Crippen LogP contribution is -2.20. The average molecular weight is 415 g/mol. The van der Waals surface area contributed by atoms with Gasteiger partial charge in [-0.1, -0.05) is 0 Å². The number of esters is 1. The Kier molecular flexibility index (Phi) is 5.40. The molecule has 0 fully saturated rings. The Hall–Kier alpha value is -2.20. The zero-order valence-corrected chi connectivity index (χ0v) is 15.6. The van der Waals surface area contributed by atoms with Crippen molar-refractivity contribution in [3.05, 3.63) is 32.4 Å². The van der Waals surface area contributed by atoms with Gasteiger partial charge in [-0.3, -0.25) is 14.3 Å². The quantitative estimate of drug-likeness (QED) is 0.723. The second-order valence-electron chi connectivity index (χ2n) is 4.92. The van der Waals surface area contributed by atoms with Crippen LogP contribution in [0, 0.1) is 13.8 Å². The van der Waals surface area contributed by atoms with Crippen molar-refractivity contribution in [1.29, 1.82) is 0 Å². The number of ether oxygens (including phenoxy) is 1. The van der Waals surface area contributed by atoms with Crippen molar-refractivity contribution < 1.29 is 19.1 Å². The number of nitrogens with zero attached hydrogens (tertiary/aromatic N) is 2. The molecule has 2 rings (SSSR count). The number of carbonyl (C=O) groups excluding carboxylic acids is 3. The minimum absolute atomic E-state index is 0.0457. The number of carbonyl (C=O) groups is 3. The summed E-state index contributed by atoms with van der Waals surface area (Å²) in [5.74, 6) is -1.72. The Morgan fingerprint density at radius 1 is 1.42 bits per heavy atom. The van der Waals surface area contributed by atoms with Crippen molar-refractivity contribution in [2.24, 2.45) is 5.73 Å². The molecule has 0 atom stereocenters. The highest BCUT2D eigenvalue weighted by atomic mass is 79.9. The van der Waals surface area contributed by atoms with Crippen LogP contribution >= 0.6 is 27.3 Å². The van der Waals surface area contributed by atoms with Crippen LogP contribution in [0.5, 0.6) is 0 Å². The number of primary amides is 1. The molecule has 24 heavy (non-hydrogen) atoms. The second kappa shape index (κ2) is 7.14. The van der Waals surface area contributed by atoms with Crippen LogP contribution in [0.4, 0.5) is 5.00 Å². The van der Waals surface area contributed by atoms with Crippen LogP contribution < -0.4 is 11.1 Å². The van der Waals surface area contributed by atoms with Gasteiger partial charge in [-0.25, -0.2) is 4.79 Å². The zero-order valence-electron chi connectivity index (χ0n) is 13.2. The molecule has 0 unspecified atom stereocenters. The summed E-state index contributed by atoms with van der Waals surface area (Å²) in [7, 11) is 1.22. The molecule has 3 N–H and O–H groups in total. The first-order valence-electron chi connectivity index (χ1n) is 6.75. The number of thiophene rings is 1. The topological polar surface area (TPSA) is 116 Å². The van der Waals surface area contributed by atoms with Crippen molar-refractivity contribution >= 4 is 50.1 Å². The number of methoxy groups -OCH3 is 1. The SMILES string of the molecule is COC(=O)c1c(NC(=O)Cn2cc(Br)c(C)n2)sc(C(N)=O)c1C. The van der Waals surface area contributed by atoms with Crippen LogP contribution in [-0.2, 0) is 16.1 Å². The summed E-state index contributed by atoms with van der Waals surface area (Å²) in [5.41, 5.74) is 6.56. The molecular weight excluding hydrogens is 400 g/mol. The predicted molar refractivity (Wildman–Crippen MR) is 92.2 cm³/mol. The number of rotatable bonds is 5. The number of amides is 2. The third-order valence-corrected chi connectivity index (χ3v) is 5.21. The largest absolute Gasteiger partial charge is 0.465 e. The van der Waals surface area contributed by atoms with Crippen LogP contribution in [-0.4, -0.2) is 34.7 Å². The van der Waals surface area contributed by atoms with E-state index in [1.807, 2.05) is 0 Å². The van der Waals surface area contributed by atoms with Gasteiger partial charge in [-0.15, -0.1) is 11.3 Å². The maximum absolute atomic E-state index is 12.2. The van der Waals surface area contributed by atoms with Gasteiger partial charge in [-0.2, -0.15) is 5.10 Å². The van der Waals surface area contributed by atoms with E-state index in [0.29, 0.717) is 5.56 Å². The van der Waals surface area contributed by atoms with E-state index in [0.717, 1.165) is 21.5 Å². The number of hydrogen-bond donors (Lipinski definition) is 2. The molecule has 0 aliphatic rings. The van der Waals surface area contributed by atoms with E-state index in [4.69, 9.17) is 10.5 Å². The van der Waals surface area contributed by atoms with Crippen LogP contribution in [0.2, 0.25) is 0 Å². The maximum atomic E-state index is 12.2. The molecule has 2 amide bonds. The summed E-state index contributed by atoms with van der Waals surface area (Å²) in [4.78, 5) is 35.8. The van der Waals surface area contributed by atoms with Gasteiger partial charge in [0.2, 0.25) is 5.91 Å². The molecule has 0 saturated heterocycles. The lowest BCUT2D eigenvalue weighted by Gasteiger charge is -2.06. The Bertz CT molecular complexity index is 808. The van der Waals surface area contributed by atoms with Crippen molar-refractivity contribution in [2.45, 2.75) is 20.4 Å². The molecule has 2 aromatic rings. The number of aryl methyl sites for hydroxylation is 1. The van der Waals surface area contributed by atoms with Crippen LogP contribution in [0.3, 0.4) is 0 Å². The van der Waals surface area contributed by atoms with Crippen LogP contribution in [0.25, 0.3) is 0 Å². The smallest absolute Gasteiger partial charge is 0.341 e. The van der Waals surface area contributed by atoms with Gasteiger partial charge in [0, 0.05) is 6.20 Å². The number of nitrogens with two attached hydrogens (primary N) is 1. The van der Waals surface area contributed by atoms with E-state index in [1.54, 1.807) is 20.0 Å². The van der Waals surface area contributed by atoms with Gasteiger partial charge >= 0.3 is 5.97 Å². The molecule has 2 heterocycles. The van der Waals surface area contributed by atoms with Gasteiger partial charge in [0.1, 0.15) is 11.5 Å². The number of anilines is 1. The van der Waals surface area contributed by atoms with E-state index in [1.165, 1.54) is 11.8 Å². The molecule has 0 radical (unpaired) electrons. The zero-order chi connectivity index (χ0) is 18.0. The summed E-state index contributed by atoms with van der Waals surface area (Å²) in [5, 5.41) is 7.00. The average Bonchev–Trinajstić information content (AvgIpc) is 2.98. The fourth-order valence-corrected chi connectivity index (χ4v) is 3.45. The Balaban J connectivity index is 2.27. The predicted octanol–water partition coefficient (Wildman–Crippen LogP) is 1.85. The highest BCUT2D eigenvalue weighted by molar-refractivity contribution is 9.10. The Labute approximate surface area is 150 Å². The van der Waals surface area contributed by atoms with Gasteiger partial charge in [0.15, 0.2) is 0 Å². The highest BCUT2D eigenvalue weighted by Crippen LogP contribution is 2.33. The highest BCUT2D eigenvalue weighted by Gasteiger charge is 2.25. The lowest BCUT2D eigenvalue weighted by atomic mass is 10.1. The van der Waals surface area contributed by atoms with Gasteiger partial charge in [0.05, 0.1) is 27.7 Å². The van der Waals surface area contributed by atoms with Gasteiger partial charge in [-0.05, 0) is 35.3 Å². The molecule has 0 aliphatic carbocycles. The normalized spacial score (nSPS) is 10.5. The summed E-state index contributed by atoms with van der Waals surface area (Å²) >= 11 is 4.26. The fourth-order valence-electron chi connectivity index (χ4n) is 2.07. The van der Waals surface area contributed by atoms with E-state index in [2.05, 4.69) is 26.3 Å². The molecule has 0 saturated carbocycles. The summed E-state index contributed by atoms with van der Waals surface area (Å²) in [6.07, 6.45) is 1.67. The first-order chi connectivity index (χ1) is 11.2. The molecule has 128 valence electrons.